The van der Waals surface area contributed by atoms with Gasteiger partial charge in [-0.2, -0.15) is 0 Å². The molecule has 0 amide bonds. The summed E-state index contributed by atoms with van der Waals surface area (Å²) < 4.78 is 19.0. The Bertz CT molecular complexity index is 676. The average Bonchev–Trinajstić information content (AvgIpc) is 3.23. The molecule has 4 rings (SSSR count). The summed E-state index contributed by atoms with van der Waals surface area (Å²) in [7, 11) is 0. The Kier molecular flexibility index (Phi) is 2.79. The van der Waals surface area contributed by atoms with Crippen LogP contribution in [0.2, 0.25) is 0 Å². The number of hydrogen-bond acceptors (Lipinski definition) is 2. The smallest absolute Gasteiger partial charge is 0.123 e. The zero-order chi connectivity index (χ0) is 14.4. The number of aryl methyl sites for hydroxylation is 1. The average molecular weight is 284 g/mol. The lowest BCUT2D eigenvalue weighted by atomic mass is 9.88. The zero-order valence-corrected chi connectivity index (χ0v) is 11.7. The molecular formula is C18H17FO2. The van der Waals surface area contributed by atoms with Gasteiger partial charge in [-0.05, 0) is 66.6 Å². The molecule has 2 aliphatic rings. The van der Waals surface area contributed by atoms with Gasteiger partial charge in [0.1, 0.15) is 17.2 Å². The van der Waals surface area contributed by atoms with Crippen LogP contribution in [0, 0.1) is 5.82 Å². The van der Waals surface area contributed by atoms with Crippen LogP contribution in [0.4, 0.5) is 4.39 Å². The van der Waals surface area contributed by atoms with Crippen molar-refractivity contribution in [1.29, 1.82) is 0 Å². The highest BCUT2D eigenvalue weighted by Gasteiger charge is 2.38. The third-order valence-corrected chi connectivity index (χ3v) is 4.43. The third-order valence-electron chi connectivity index (χ3n) is 4.43. The molecule has 1 unspecified atom stereocenters. The summed E-state index contributed by atoms with van der Waals surface area (Å²) in [5, 5.41) is 11.0. The summed E-state index contributed by atoms with van der Waals surface area (Å²) in [6.45, 7) is 0. The quantitative estimate of drug-likeness (QED) is 0.934. The molecule has 108 valence electrons. The van der Waals surface area contributed by atoms with E-state index in [0.717, 1.165) is 35.3 Å². The van der Waals surface area contributed by atoms with Crippen LogP contribution in [0.5, 0.6) is 5.75 Å². The van der Waals surface area contributed by atoms with Crippen molar-refractivity contribution in [2.24, 2.45) is 0 Å². The number of rotatable bonds is 3. The maximum Gasteiger partial charge on any atom is 0.123 e. The van der Waals surface area contributed by atoms with E-state index in [4.69, 9.17) is 4.74 Å². The van der Waals surface area contributed by atoms with E-state index < -0.39 is 5.60 Å². The van der Waals surface area contributed by atoms with Gasteiger partial charge in [-0.15, -0.1) is 0 Å². The Hall–Kier alpha value is -1.87. The number of benzene rings is 2. The van der Waals surface area contributed by atoms with E-state index >= 15 is 0 Å². The van der Waals surface area contributed by atoms with Gasteiger partial charge in [0.2, 0.25) is 0 Å². The molecule has 0 aromatic heterocycles. The van der Waals surface area contributed by atoms with Crippen molar-refractivity contribution in [3.05, 3.63) is 65.0 Å². The minimum Gasteiger partial charge on any atom is -0.490 e. The fraction of sp³-hybridized carbons (Fsp3) is 0.333. The lowest BCUT2D eigenvalue weighted by Crippen LogP contribution is -2.23. The minimum atomic E-state index is -1.01. The van der Waals surface area contributed by atoms with Gasteiger partial charge in [-0.3, -0.25) is 0 Å². The molecular weight excluding hydrogens is 267 g/mol. The summed E-state index contributed by atoms with van der Waals surface area (Å²) >= 11 is 0. The van der Waals surface area contributed by atoms with Gasteiger partial charge in [0.05, 0.1) is 6.10 Å². The van der Waals surface area contributed by atoms with Gasteiger partial charge in [0.25, 0.3) is 0 Å². The maximum atomic E-state index is 13.3. The largest absolute Gasteiger partial charge is 0.490 e. The standard InChI is InChI=1S/C18H17FO2/c19-14-3-8-17-12(11-14)9-10-18(17,20)13-1-4-15(5-2-13)21-16-6-7-16/h1-5,8,11,16,20H,6-7,9-10H2. The van der Waals surface area contributed by atoms with Gasteiger partial charge in [-0.1, -0.05) is 18.2 Å². The predicted molar refractivity (Wildman–Crippen MR) is 77.8 cm³/mol. The van der Waals surface area contributed by atoms with E-state index in [2.05, 4.69) is 0 Å². The molecule has 0 radical (unpaired) electrons. The molecule has 2 aromatic carbocycles. The molecule has 0 spiro atoms. The summed E-state index contributed by atoms with van der Waals surface area (Å²) in [4.78, 5) is 0. The highest BCUT2D eigenvalue weighted by Crippen LogP contribution is 2.42. The predicted octanol–water partition coefficient (Wildman–Crippen LogP) is 3.55. The Labute approximate surface area is 123 Å². The first-order valence-electron chi connectivity index (χ1n) is 7.44. The normalized spacial score (nSPS) is 23.9. The fourth-order valence-electron chi connectivity index (χ4n) is 3.11. The van der Waals surface area contributed by atoms with E-state index in [1.54, 1.807) is 6.07 Å². The molecule has 0 saturated heterocycles. The second kappa shape index (κ2) is 4.57. The topological polar surface area (TPSA) is 29.5 Å². The minimum absolute atomic E-state index is 0.244. The highest BCUT2D eigenvalue weighted by atomic mass is 19.1. The van der Waals surface area contributed by atoms with Crippen molar-refractivity contribution in [3.8, 4) is 5.75 Å². The first-order valence-corrected chi connectivity index (χ1v) is 7.44. The van der Waals surface area contributed by atoms with Gasteiger partial charge >= 0.3 is 0 Å². The first kappa shape index (κ1) is 12.8. The molecule has 2 aliphatic carbocycles. The molecule has 0 bridgehead atoms. The Morgan fingerprint density at radius 3 is 2.57 bits per heavy atom. The van der Waals surface area contributed by atoms with Gasteiger partial charge in [0, 0.05) is 0 Å². The second-order valence-corrected chi connectivity index (χ2v) is 6.00. The summed E-state index contributed by atoms with van der Waals surface area (Å²) in [6.07, 6.45) is 3.92. The van der Waals surface area contributed by atoms with Crippen molar-refractivity contribution >= 4 is 0 Å². The van der Waals surface area contributed by atoms with E-state index in [9.17, 15) is 9.50 Å². The molecule has 1 fully saturated rings. The zero-order valence-electron chi connectivity index (χ0n) is 11.7. The second-order valence-electron chi connectivity index (χ2n) is 6.00. The number of ether oxygens (including phenoxy) is 1. The van der Waals surface area contributed by atoms with Gasteiger partial charge in [-0.25, -0.2) is 4.39 Å². The number of hydrogen-bond donors (Lipinski definition) is 1. The molecule has 1 atom stereocenters. The lowest BCUT2D eigenvalue weighted by molar-refractivity contribution is 0.0828. The SMILES string of the molecule is OC1(c2ccc(OC3CC3)cc2)CCc2cc(F)ccc21. The van der Waals surface area contributed by atoms with E-state index in [1.165, 1.54) is 12.1 Å². The van der Waals surface area contributed by atoms with Crippen LogP contribution in [-0.4, -0.2) is 11.2 Å². The molecule has 0 aliphatic heterocycles. The molecule has 1 saturated carbocycles. The molecule has 3 heteroatoms. The fourth-order valence-corrected chi connectivity index (χ4v) is 3.11. The summed E-state index contributed by atoms with van der Waals surface area (Å²) in [5.74, 6) is 0.605. The summed E-state index contributed by atoms with van der Waals surface area (Å²) in [6, 6.07) is 12.3. The van der Waals surface area contributed by atoms with Crippen LogP contribution in [0.1, 0.15) is 36.0 Å². The lowest BCUT2D eigenvalue weighted by Gasteiger charge is -2.25. The highest BCUT2D eigenvalue weighted by molar-refractivity contribution is 5.46. The van der Waals surface area contributed by atoms with Crippen LogP contribution in [0.3, 0.4) is 0 Å². The van der Waals surface area contributed by atoms with E-state index in [1.807, 2.05) is 24.3 Å². The molecule has 2 nitrogen and oxygen atoms in total. The van der Waals surface area contributed by atoms with Crippen LogP contribution in [0.25, 0.3) is 0 Å². The van der Waals surface area contributed by atoms with Crippen molar-refractivity contribution in [2.75, 3.05) is 0 Å². The molecule has 0 heterocycles. The Morgan fingerprint density at radius 2 is 1.86 bits per heavy atom. The number of aliphatic hydroxyl groups is 1. The monoisotopic (exact) mass is 284 g/mol. The van der Waals surface area contributed by atoms with Crippen molar-refractivity contribution in [2.45, 2.75) is 37.4 Å². The maximum absolute atomic E-state index is 13.3. The summed E-state index contributed by atoms with van der Waals surface area (Å²) in [5.41, 5.74) is 1.55. The van der Waals surface area contributed by atoms with Crippen LogP contribution >= 0.6 is 0 Å². The molecule has 2 aromatic rings. The van der Waals surface area contributed by atoms with E-state index in [0.29, 0.717) is 18.9 Å². The first-order chi connectivity index (χ1) is 10.1. The van der Waals surface area contributed by atoms with E-state index in [-0.39, 0.29) is 5.82 Å². The van der Waals surface area contributed by atoms with Gasteiger partial charge < -0.3 is 9.84 Å². The van der Waals surface area contributed by atoms with Crippen LogP contribution in [0.15, 0.2) is 42.5 Å². The van der Waals surface area contributed by atoms with Gasteiger partial charge in [0.15, 0.2) is 0 Å². The molecule has 21 heavy (non-hydrogen) atoms. The number of halogens is 1. The molecule has 1 N–H and O–H groups in total. The van der Waals surface area contributed by atoms with Crippen LogP contribution in [-0.2, 0) is 12.0 Å². The van der Waals surface area contributed by atoms with Crippen molar-refractivity contribution in [1.82, 2.24) is 0 Å². The van der Waals surface area contributed by atoms with Crippen LogP contribution < -0.4 is 4.74 Å². The van der Waals surface area contributed by atoms with Crippen molar-refractivity contribution in [3.63, 3.8) is 0 Å². The Morgan fingerprint density at radius 1 is 1.10 bits per heavy atom. The van der Waals surface area contributed by atoms with Crippen molar-refractivity contribution < 1.29 is 14.2 Å². The number of fused-ring (bicyclic) bond motifs is 1. The Balaban J connectivity index is 1.66. The third kappa shape index (κ3) is 2.22.